The Balaban J connectivity index is 1.29. The summed E-state index contributed by atoms with van der Waals surface area (Å²) in [4.78, 5) is 21.9. The molecule has 35 heavy (non-hydrogen) atoms. The van der Waals surface area contributed by atoms with Gasteiger partial charge in [-0.1, -0.05) is 25.3 Å². The summed E-state index contributed by atoms with van der Waals surface area (Å²) in [6.45, 7) is 1.87. The molecule has 1 N–H and O–H groups in total. The standard InChI is InChI=1S/C27H27FN2O5/c1-27(30-35-27)26(31)34-24-15-14-22(16-23(24)18-6-3-2-4-7-18)32-17-20-8-5-9-25(29-20)33-21-12-10-19(28)11-13-21/h5,8-16,18,30H,2-4,6-7,17H2,1H3. The lowest BCUT2D eigenvalue weighted by Gasteiger charge is -2.24. The fourth-order valence-corrected chi connectivity index (χ4v) is 4.17. The van der Waals surface area contributed by atoms with Crippen LogP contribution in [0.5, 0.6) is 23.1 Å². The first-order valence-corrected chi connectivity index (χ1v) is 11.8. The molecule has 8 heteroatoms. The first-order chi connectivity index (χ1) is 17.0. The fraction of sp³-hybridized carbons (Fsp3) is 0.333. The minimum Gasteiger partial charge on any atom is -0.487 e. The van der Waals surface area contributed by atoms with Crippen molar-refractivity contribution in [1.82, 2.24) is 10.5 Å². The van der Waals surface area contributed by atoms with Gasteiger partial charge < -0.3 is 14.2 Å². The highest BCUT2D eigenvalue weighted by Gasteiger charge is 2.50. The lowest BCUT2D eigenvalue weighted by Crippen LogP contribution is -2.29. The quantitative estimate of drug-likeness (QED) is 0.249. The third-order valence-electron chi connectivity index (χ3n) is 6.23. The normalized spacial score (nSPS) is 19.7. The van der Waals surface area contributed by atoms with E-state index in [0.717, 1.165) is 31.2 Å². The molecular formula is C27H27FN2O5. The topological polar surface area (TPSA) is 92.1 Å². The number of rotatable bonds is 8. The Hall–Kier alpha value is -3.49. The molecule has 2 fully saturated rings. The van der Waals surface area contributed by atoms with Crippen molar-refractivity contribution in [2.75, 3.05) is 0 Å². The average molecular weight is 479 g/mol. The number of carbonyl (C=O) groups is 1. The van der Waals surface area contributed by atoms with E-state index in [1.54, 1.807) is 37.3 Å². The smallest absolute Gasteiger partial charge is 0.363 e. The Morgan fingerprint density at radius 2 is 1.83 bits per heavy atom. The Bertz CT molecular complexity index is 1190. The van der Waals surface area contributed by atoms with Gasteiger partial charge in [0.1, 0.15) is 29.7 Å². The molecule has 0 spiro atoms. The molecule has 2 aromatic carbocycles. The van der Waals surface area contributed by atoms with Crippen LogP contribution in [0.4, 0.5) is 4.39 Å². The number of benzene rings is 2. The molecule has 2 aliphatic rings. The molecule has 1 aromatic heterocycles. The Labute approximate surface area is 203 Å². The van der Waals surface area contributed by atoms with Crippen LogP contribution in [0.3, 0.4) is 0 Å². The number of pyridine rings is 1. The van der Waals surface area contributed by atoms with E-state index < -0.39 is 11.7 Å². The van der Waals surface area contributed by atoms with Gasteiger partial charge in [-0.2, -0.15) is 5.48 Å². The molecule has 2 heterocycles. The van der Waals surface area contributed by atoms with Crippen LogP contribution in [-0.2, 0) is 16.2 Å². The number of hydrogen-bond acceptors (Lipinski definition) is 7. The number of ether oxygens (including phenoxy) is 3. The molecule has 1 saturated heterocycles. The monoisotopic (exact) mass is 478 g/mol. The lowest BCUT2D eigenvalue weighted by molar-refractivity contribution is -0.139. The fourth-order valence-electron chi connectivity index (χ4n) is 4.17. The maximum Gasteiger partial charge on any atom is 0.363 e. The molecule has 5 rings (SSSR count). The average Bonchev–Trinajstić information content (AvgIpc) is 3.64. The molecule has 1 atom stereocenters. The third-order valence-corrected chi connectivity index (χ3v) is 6.23. The summed E-state index contributed by atoms with van der Waals surface area (Å²) in [6.07, 6.45) is 5.61. The maximum atomic E-state index is 13.1. The molecule has 1 unspecified atom stereocenters. The van der Waals surface area contributed by atoms with Crippen molar-refractivity contribution in [2.45, 2.75) is 57.3 Å². The number of hydrogen-bond donors (Lipinski definition) is 1. The van der Waals surface area contributed by atoms with E-state index in [9.17, 15) is 9.18 Å². The van der Waals surface area contributed by atoms with Gasteiger partial charge in [0.25, 0.3) is 5.72 Å². The molecule has 1 aliphatic carbocycles. The predicted molar refractivity (Wildman–Crippen MR) is 126 cm³/mol. The number of carbonyl (C=O) groups excluding carboxylic acids is 1. The molecular weight excluding hydrogens is 451 g/mol. The van der Waals surface area contributed by atoms with E-state index in [4.69, 9.17) is 19.0 Å². The second-order valence-corrected chi connectivity index (χ2v) is 8.97. The van der Waals surface area contributed by atoms with Crippen molar-refractivity contribution in [3.05, 3.63) is 77.7 Å². The third kappa shape index (κ3) is 5.78. The van der Waals surface area contributed by atoms with E-state index in [1.165, 1.54) is 18.6 Å². The molecule has 3 aromatic rings. The molecule has 1 saturated carbocycles. The summed E-state index contributed by atoms with van der Waals surface area (Å²) in [7, 11) is 0. The zero-order valence-electron chi connectivity index (χ0n) is 19.5. The molecule has 0 amide bonds. The van der Waals surface area contributed by atoms with Crippen LogP contribution in [0.25, 0.3) is 0 Å². The molecule has 7 nitrogen and oxygen atoms in total. The second kappa shape index (κ2) is 10.0. The van der Waals surface area contributed by atoms with E-state index >= 15 is 0 Å². The van der Waals surface area contributed by atoms with Gasteiger partial charge in [-0.15, -0.1) is 0 Å². The lowest BCUT2D eigenvalue weighted by atomic mass is 9.83. The van der Waals surface area contributed by atoms with Crippen LogP contribution in [0.15, 0.2) is 60.7 Å². The van der Waals surface area contributed by atoms with Gasteiger partial charge in [0.2, 0.25) is 5.88 Å². The Morgan fingerprint density at radius 3 is 2.57 bits per heavy atom. The first-order valence-electron chi connectivity index (χ1n) is 11.8. The van der Waals surface area contributed by atoms with Crippen molar-refractivity contribution < 1.29 is 28.2 Å². The van der Waals surface area contributed by atoms with E-state index in [-0.39, 0.29) is 12.4 Å². The summed E-state index contributed by atoms with van der Waals surface area (Å²) >= 11 is 0. The highest BCUT2D eigenvalue weighted by molar-refractivity contribution is 5.82. The number of nitrogens with zero attached hydrogens (tertiary/aromatic N) is 1. The molecule has 0 bridgehead atoms. The molecule has 0 radical (unpaired) electrons. The van der Waals surface area contributed by atoms with Gasteiger partial charge in [0.15, 0.2) is 0 Å². The van der Waals surface area contributed by atoms with Gasteiger partial charge in [-0.3, -0.25) is 4.84 Å². The van der Waals surface area contributed by atoms with Crippen LogP contribution in [0.2, 0.25) is 0 Å². The van der Waals surface area contributed by atoms with Crippen molar-refractivity contribution in [2.24, 2.45) is 0 Å². The minimum absolute atomic E-state index is 0.236. The number of esters is 1. The van der Waals surface area contributed by atoms with Crippen molar-refractivity contribution >= 4 is 5.97 Å². The number of hydroxylamine groups is 1. The molecule has 1 aliphatic heterocycles. The minimum atomic E-state index is -1.08. The zero-order chi connectivity index (χ0) is 24.3. The second-order valence-electron chi connectivity index (χ2n) is 8.97. The predicted octanol–water partition coefficient (Wildman–Crippen LogP) is 5.80. The largest absolute Gasteiger partial charge is 0.487 e. The number of halogens is 1. The molecule has 182 valence electrons. The summed E-state index contributed by atoms with van der Waals surface area (Å²) in [5.74, 6) is 1.62. The van der Waals surface area contributed by atoms with Crippen LogP contribution < -0.4 is 19.7 Å². The van der Waals surface area contributed by atoms with Gasteiger partial charge in [-0.25, -0.2) is 14.2 Å². The van der Waals surface area contributed by atoms with Gasteiger partial charge in [0.05, 0.1) is 5.69 Å². The summed E-state index contributed by atoms with van der Waals surface area (Å²) in [5, 5.41) is 0. The Kier molecular flexibility index (Phi) is 6.66. The highest BCUT2D eigenvalue weighted by atomic mass is 19.1. The van der Waals surface area contributed by atoms with Crippen LogP contribution in [0.1, 0.15) is 56.2 Å². The number of aromatic nitrogens is 1. The van der Waals surface area contributed by atoms with Crippen molar-refractivity contribution in [1.29, 1.82) is 0 Å². The van der Waals surface area contributed by atoms with E-state index in [0.29, 0.717) is 34.7 Å². The number of nitrogens with one attached hydrogen (secondary N) is 1. The van der Waals surface area contributed by atoms with Crippen molar-refractivity contribution in [3.8, 4) is 23.1 Å². The Morgan fingerprint density at radius 1 is 1.09 bits per heavy atom. The van der Waals surface area contributed by atoms with Crippen LogP contribution in [0, 0.1) is 5.82 Å². The van der Waals surface area contributed by atoms with Gasteiger partial charge in [0, 0.05) is 11.6 Å². The SMILES string of the molecule is CC1(C(=O)Oc2ccc(OCc3cccc(Oc4ccc(F)cc4)n3)cc2C2CCCCC2)NO1. The highest BCUT2D eigenvalue weighted by Crippen LogP contribution is 2.40. The van der Waals surface area contributed by atoms with E-state index in [2.05, 4.69) is 10.5 Å². The first kappa shape index (κ1) is 23.3. The summed E-state index contributed by atoms with van der Waals surface area (Å²) in [5.41, 5.74) is 3.15. The van der Waals surface area contributed by atoms with Crippen molar-refractivity contribution in [3.63, 3.8) is 0 Å². The zero-order valence-corrected chi connectivity index (χ0v) is 19.5. The maximum absolute atomic E-state index is 13.1. The van der Waals surface area contributed by atoms with Crippen LogP contribution in [-0.4, -0.2) is 16.7 Å². The van der Waals surface area contributed by atoms with Gasteiger partial charge >= 0.3 is 5.97 Å². The van der Waals surface area contributed by atoms with Crippen LogP contribution >= 0.6 is 0 Å². The summed E-state index contributed by atoms with van der Waals surface area (Å²) < 4.78 is 30.6. The summed E-state index contributed by atoms with van der Waals surface area (Å²) in [6, 6.07) is 16.7. The van der Waals surface area contributed by atoms with Gasteiger partial charge in [-0.05, 0) is 74.2 Å². The van der Waals surface area contributed by atoms with E-state index in [1.807, 2.05) is 18.2 Å².